The van der Waals surface area contributed by atoms with Crippen LogP contribution in [-0.4, -0.2) is 45.2 Å². The van der Waals surface area contributed by atoms with Gasteiger partial charge in [0.1, 0.15) is 11.6 Å². The Morgan fingerprint density at radius 3 is 2.93 bits per heavy atom. The van der Waals surface area contributed by atoms with Crippen molar-refractivity contribution in [2.75, 3.05) is 19.6 Å². The topological polar surface area (TPSA) is 63.1 Å². The van der Waals surface area contributed by atoms with Gasteiger partial charge in [-0.3, -0.25) is 9.69 Å². The molecule has 2 heterocycles. The molecule has 0 fully saturated rings. The van der Waals surface area contributed by atoms with Crippen LogP contribution in [-0.2, 0) is 30.7 Å². The molecular weight excluding hydrogens is 345 g/mol. The van der Waals surface area contributed by atoms with Crippen molar-refractivity contribution in [3.8, 4) is 0 Å². The monoisotopic (exact) mass is 371 g/mol. The first kappa shape index (κ1) is 19.2. The number of hydrogen-bond donors (Lipinski definition) is 1. The number of hydrogen-bond acceptors (Lipinski definition) is 4. The van der Waals surface area contributed by atoms with Gasteiger partial charge >= 0.3 is 0 Å². The first-order valence-corrected chi connectivity index (χ1v) is 9.31. The van der Waals surface area contributed by atoms with Crippen LogP contribution in [0.25, 0.3) is 0 Å². The zero-order chi connectivity index (χ0) is 19.2. The maximum atomic E-state index is 13.2. The SMILES string of the molecule is CC=C(C)CN1CCc2nnc(CNC(=O)Cc3cccc(F)c3)n2CC1. The maximum absolute atomic E-state index is 13.2. The Balaban J connectivity index is 1.56. The highest BCUT2D eigenvalue weighted by atomic mass is 19.1. The molecule has 0 unspecified atom stereocenters. The molecule has 1 amide bonds. The van der Waals surface area contributed by atoms with E-state index in [1.807, 2.05) is 0 Å². The number of carbonyl (C=O) groups is 1. The molecule has 0 aliphatic carbocycles. The van der Waals surface area contributed by atoms with Crippen molar-refractivity contribution in [1.82, 2.24) is 25.0 Å². The lowest BCUT2D eigenvalue weighted by molar-refractivity contribution is -0.120. The van der Waals surface area contributed by atoms with Crippen molar-refractivity contribution in [3.05, 3.63) is 58.9 Å². The fourth-order valence-electron chi connectivity index (χ4n) is 3.23. The molecule has 0 radical (unpaired) electrons. The zero-order valence-electron chi connectivity index (χ0n) is 15.9. The van der Waals surface area contributed by atoms with Gasteiger partial charge in [0, 0.05) is 32.6 Å². The Kier molecular flexibility index (Phi) is 6.34. The molecule has 7 heteroatoms. The van der Waals surface area contributed by atoms with Crippen molar-refractivity contribution in [2.24, 2.45) is 0 Å². The Bertz CT molecular complexity index is 830. The summed E-state index contributed by atoms with van der Waals surface area (Å²) in [6.07, 6.45) is 3.14. The van der Waals surface area contributed by atoms with E-state index < -0.39 is 0 Å². The molecule has 6 nitrogen and oxygen atoms in total. The minimum absolute atomic E-state index is 0.148. The van der Waals surface area contributed by atoms with Crippen molar-refractivity contribution in [2.45, 2.75) is 39.8 Å². The van der Waals surface area contributed by atoms with Gasteiger partial charge < -0.3 is 9.88 Å². The number of carbonyl (C=O) groups excluding carboxylic acids is 1. The number of nitrogens with one attached hydrogen (secondary N) is 1. The number of benzene rings is 1. The van der Waals surface area contributed by atoms with Gasteiger partial charge in [0.05, 0.1) is 13.0 Å². The minimum atomic E-state index is -0.333. The second-order valence-electron chi connectivity index (χ2n) is 6.93. The van der Waals surface area contributed by atoms with Crippen LogP contribution in [0.5, 0.6) is 0 Å². The number of rotatable bonds is 6. The van der Waals surface area contributed by atoms with Gasteiger partial charge in [-0.05, 0) is 31.5 Å². The third kappa shape index (κ3) is 5.23. The van der Waals surface area contributed by atoms with Crippen LogP contribution in [0.2, 0.25) is 0 Å². The maximum Gasteiger partial charge on any atom is 0.224 e. The minimum Gasteiger partial charge on any atom is -0.349 e. The van der Waals surface area contributed by atoms with Crippen LogP contribution in [0.15, 0.2) is 35.9 Å². The normalized spacial score (nSPS) is 15.3. The fourth-order valence-corrected chi connectivity index (χ4v) is 3.23. The molecule has 27 heavy (non-hydrogen) atoms. The molecular formula is C20H26FN5O. The van der Waals surface area contributed by atoms with E-state index in [0.29, 0.717) is 12.1 Å². The predicted octanol–water partition coefficient (Wildman–Crippen LogP) is 2.10. The van der Waals surface area contributed by atoms with E-state index in [4.69, 9.17) is 0 Å². The second kappa shape index (κ2) is 8.90. The van der Waals surface area contributed by atoms with Crippen LogP contribution in [0.3, 0.4) is 0 Å². The van der Waals surface area contributed by atoms with Gasteiger partial charge in [-0.15, -0.1) is 10.2 Å². The first-order chi connectivity index (χ1) is 13.0. The average Bonchev–Trinajstić information content (AvgIpc) is 2.93. The molecule has 2 aromatic rings. The summed E-state index contributed by atoms with van der Waals surface area (Å²) in [4.78, 5) is 14.6. The van der Waals surface area contributed by atoms with Gasteiger partial charge in [-0.1, -0.05) is 23.8 Å². The predicted molar refractivity (Wildman–Crippen MR) is 102 cm³/mol. The van der Waals surface area contributed by atoms with Crippen LogP contribution < -0.4 is 5.32 Å². The summed E-state index contributed by atoms with van der Waals surface area (Å²) in [6, 6.07) is 6.10. The molecule has 0 saturated heterocycles. The number of fused-ring (bicyclic) bond motifs is 1. The Morgan fingerprint density at radius 2 is 2.15 bits per heavy atom. The molecule has 3 rings (SSSR count). The van der Waals surface area contributed by atoms with Crippen LogP contribution >= 0.6 is 0 Å². The number of allylic oxidation sites excluding steroid dienone is 1. The van der Waals surface area contributed by atoms with E-state index in [1.54, 1.807) is 12.1 Å². The summed E-state index contributed by atoms with van der Waals surface area (Å²) in [6.45, 7) is 8.20. The smallest absolute Gasteiger partial charge is 0.224 e. The molecule has 1 N–H and O–H groups in total. The fraction of sp³-hybridized carbons (Fsp3) is 0.450. The molecule has 1 aromatic heterocycles. The number of halogens is 1. The summed E-state index contributed by atoms with van der Waals surface area (Å²) >= 11 is 0. The summed E-state index contributed by atoms with van der Waals surface area (Å²) in [5, 5.41) is 11.4. The van der Waals surface area contributed by atoms with Gasteiger partial charge in [-0.25, -0.2) is 4.39 Å². The molecule has 1 aliphatic heterocycles. The Morgan fingerprint density at radius 1 is 1.30 bits per heavy atom. The molecule has 0 atom stereocenters. The standard InChI is InChI=1S/C20H26FN5O/c1-3-15(2)14-25-8-7-18-23-24-19(26(18)10-9-25)13-22-20(27)12-16-5-4-6-17(21)11-16/h3-6,11H,7-10,12-14H2,1-2H3,(H,22,27). The Hall–Kier alpha value is -2.54. The first-order valence-electron chi connectivity index (χ1n) is 9.31. The van der Waals surface area contributed by atoms with Gasteiger partial charge in [-0.2, -0.15) is 0 Å². The highest BCUT2D eigenvalue weighted by Gasteiger charge is 2.19. The zero-order valence-corrected chi connectivity index (χ0v) is 15.9. The lowest BCUT2D eigenvalue weighted by Crippen LogP contribution is -2.29. The number of aromatic nitrogens is 3. The molecule has 0 spiro atoms. The summed E-state index contributed by atoms with van der Waals surface area (Å²) in [7, 11) is 0. The molecule has 0 bridgehead atoms. The highest BCUT2D eigenvalue weighted by molar-refractivity contribution is 5.78. The number of amides is 1. The van der Waals surface area contributed by atoms with Crippen molar-refractivity contribution >= 4 is 5.91 Å². The molecule has 0 saturated carbocycles. The lowest BCUT2D eigenvalue weighted by Gasteiger charge is -2.19. The molecule has 1 aromatic carbocycles. The molecule has 144 valence electrons. The van der Waals surface area contributed by atoms with Crippen LogP contribution in [0.1, 0.15) is 31.1 Å². The quantitative estimate of drug-likeness (QED) is 0.790. The summed E-state index contributed by atoms with van der Waals surface area (Å²) in [5.74, 6) is 1.24. The van der Waals surface area contributed by atoms with Crippen LogP contribution in [0.4, 0.5) is 4.39 Å². The van der Waals surface area contributed by atoms with E-state index in [-0.39, 0.29) is 18.1 Å². The van der Waals surface area contributed by atoms with Gasteiger partial charge in [0.2, 0.25) is 5.91 Å². The van der Waals surface area contributed by atoms with Crippen molar-refractivity contribution < 1.29 is 9.18 Å². The third-order valence-electron chi connectivity index (χ3n) is 4.86. The van der Waals surface area contributed by atoms with Crippen molar-refractivity contribution in [1.29, 1.82) is 0 Å². The van der Waals surface area contributed by atoms with Gasteiger partial charge in [0.25, 0.3) is 0 Å². The second-order valence-corrected chi connectivity index (χ2v) is 6.93. The van der Waals surface area contributed by atoms with E-state index in [1.165, 1.54) is 17.7 Å². The summed E-state index contributed by atoms with van der Waals surface area (Å²) in [5.41, 5.74) is 2.01. The molecule has 1 aliphatic rings. The summed E-state index contributed by atoms with van der Waals surface area (Å²) < 4.78 is 15.3. The van der Waals surface area contributed by atoms with Crippen LogP contribution in [0, 0.1) is 5.82 Å². The Labute approximate surface area is 159 Å². The van der Waals surface area contributed by atoms with E-state index >= 15 is 0 Å². The highest BCUT2D eigenvalue weighted by Crippen LogP contribution is 2.11. The lowest BCUT2D eigenvalue weighted by atomic mass is 10.1. The van der Waals surface area contributed by atoms with Crippen molar-refractivity contribution in [3.63, 3.8) is 0 Å². The van der Waals surface area contributed by atoms with E-state index in [0.717, 1.165) is 44.2 Å². The van der Waals surface area contributed by atoms with Gasteiger partial charge in [0.15, 0.2) is 5.82 Å². The van der Waals surface area contributed by atoms with E-state index in [9.17, 15) is 9.18 Å². The largest absolute Gasteiger partial charge is 0.349 e. The van der Waals surface area contributed by atoms with E-state index in [2.05, 4.69) is 44.9 Å². The third-order valence-corrected chi connectivity index (χ3v) is 4.86. The number of nitrogens with zero attached hydrogens (tertiary/aromatic N) is 4. The average molecular weight is 371 g/mol.